The molecule has 0 aromatic heterocycles. The van der Waals surface area contributed by atoms with Crippen molar-refractivity contribution in [3.8, 4) is 0 Å². The van der Waals surface area contributed by atoms with Crippen LogP contribution in [0.4, 0.5) is 0 Å². The van der Waals surface area contributed by atoms with Crippen LogP contribution in [0.3, 0.4) is 0 Å². The zero-order valence-corrected chi connectivity index (χ0v) is 16.4. The second-order valence-corrected chi connectivity index (χ2v) is 9.01. The van der Waals surface area contributed by atoms with Gasteiger partial charge in [0.25, 0.3) is 0 Å². The Morgan fingerprint density at radius 1 is 0.960 bits per heavy atom. The first-order chi connectivity index (χ1) is 11.9. The van der Waals surface area contributed by atoms with Crippen molar-refractivity contribution in [2.75, 3.05) is 0 Å². The molecule has 0 bridgehead atoms. The molecular formula is C22H34N2O. The maximum Gasteiger partial charge on any atom is 0.0793 e. The van der Waals surface area contributed by atoms with Gasteiger partial charge in [0, 0.05) is 29.6 Å². The molecule has 3 nitrogen and oxygen atoms in total. The van der Waals surface area contributed by atoms with Gasteiger partial charge in [-0.2, -0.15) is 5.06 Å². The molecule has 0 amide bonds. The van der Waals surface area contributed by atoms with E-state index in [9.17, 15) is 0 Å². The highest BCUT2D eigenvalue weighted by atomic mass is 16.7. The Labute approximate surface area is 153 Å². The van der Waals surface area contributed by atoms with E-state index in [0.717, 1.165) is 19.4 Å². The Morgan fingerprint density at radius 2 is 1.56 bits per heavy atom. The van der Waals surface area contributed by atoms with Gasteiger partial charge in [-0.1, -0.05) is 49.6 Å². The Bertz CT molecular complexity index is 565. The highest BCUT2D eigenvalue weighted by Gasteiger charge is 2.46. The third kappa shape index (κ3) is 4.71. The van der Waals surface area contributed by atoms with E-state index in [1.54, 1.807) is 0 Å². The van der Waals surface area contributed by atoms with Crippen molar-refractivity contribution < 1.29 is 4.84 Å². The number of hydroxylamine groups is 2. The van der Waals surface area contributed by atoms with Crippen LogP contribution < -0.4 is 0 Å². The van der Waals surface area contributed by atoms with Crippen LogP contribution >= 0.6 is 0 Å². The average Bonchev–Trinajstić information content (AvgIpc) is 2.58. The first-order valence-electron chi connectivity index (χ1n) is 9.90. The molecule has 138 valence electrons. The Hall–Kier alpha value is -1.19. The molecule has 0 radical (unpaired) electrons. The monoisotopic (exact) mass is 342 g/mol. The van der Waals surface area contributed by atoms with Crippen LogP contribution in [0, 0.1) is 0 Å². The summed E-state index contributed by atoms with van der Waals surface area (Å²) < 4.78 is 0. The maximum atomic E-state index is 6.55. The fourth-order valence-electron chi connectivity index (χ4n) is 4.53. The number of nitrogens with zero attached hydrogens (tertiary/aromatic N) is 2. The molecule has 1 saturated carbocycles. The van der Waals surface area contributed by atoms with Crippen molar-refractivity contribution in [1.82, 2.24) is 5.06 Å². The van der Waals surface area contributed by atoms with Crippen LogP contribution in [-0.2, 0) is 11.4 Å². The summed E-state index contributed by atoms with van der Waals surface area (Å²) in [4.78, 5) is 11.5. The van der Waals surface area contributed by atoms with Gasteiger partial charge in [0.15, 0.2) is 0 Å². The van der Waals surface area contributed by atoms with Gasteiger partial charge < -0.3 is 0 Å². The van der Waals surface area contributed by atoms with Crippen molar-refractivity contribution in [2.45, 2.75) is 96.4 Å². The second kappa shape index (κ2) is 7.59. The van der Waals surface area contributed by atoms with E-state index < -0.39 is 0 Å². The van der Waals surface area contributed by atoms with E-state index in [4.69, 9.17) is 9.83 Å². The van der Waals surface area contributed by atoms with Gasteiger partial charge in [-0.05, 0) is 46.1 Å². The predicted octanol–water partition coefficient (Wildman–Crippen LogP) is 5.54. The summed E-state index contributed by atoms with van der Waals surface area (Å²) in [5, 5.41) is 2.30. The maximum absolute atomic E-state index is 6.55. The topological polar surface area (TPSA) is 24.8 Å². The quantitative estimate of drug-likeness (QED) is 0.717. The van der Waals surface area contributed by atoms with Gasteiger partial charge in [0.05, 0.1) is 12.6 Å². The molecule has 0 atom stereocenters. The summed E-state index contributed by atoms with van der Waals surface area (Å²) >= 11 is 0. The van der Waals surface area contributed by atoms with Crippen LogP contribution in [0.5, 0.6) is 0 Å². The molecule has 1 aromatic rings. The van der Waals surface area contributed by atoms with Gasteiger partial charge in [-0.15, -0.1) is 0 Å². The van der Waals surface area contributed by atoms with Crippen molar-refractivity contribution in [1.29, 1.82) is 0 Å². The second-order valence-electron chi connectivity index (χ2n) is 9.01. The summed E-state index contributed by atoms with van der Waals surface area (Å²) in [6.07, 6.45) is 8.76. The van der Waals surface area contributed by atoms with Gasteiger partial charge in [0.2, 0.25) is 0 Å². The summed E-state index contributed by atoms with van der Waals surface area (Å²) in [6, 6.07) is 10.5. The van der Waals surface area contributed by atoms with Crippen LogP contribution in [-0.4, -0.2) is 28.0 Å². The molecule has 25 heavy (non-hydrogen) atoms. The fraction of sp³-hybridized carbons (Fsp3) is 0.682. The number of piperidine rings is 1. The molecule has 1 heterocycles. The third-order valence-corrected chi connectivity index (χ3v) is 5.51. The summed E-state index contributed by atoms with van der Waals surface area (Å²) in [7, 11) is 0. The minimum absolute atomic E-state index is 0.0191. The zero-order chi connectivity index (χ0) is 17.9. The molecule has 0 N–H and O–H groups in total. The molecule has 1 saturated heterocycles. The molecular weight excluding hydrogens is 308 g/mol. The first kappa shape index (κ1) is 18.6. The van der Waals surface area contributed by atoms with Crippen molar-refractivity contribution >= 4 is 5.71 Å². The molecule has 3 rings (SSSR count). The van der Waals surface area contributed by atoms with E-state index in [-0.39, 0.29) is 11.1 Å². The highest BCUT2D eigenvalue weighted by Crippen LogP contribution is 2.39. The average molecular weight is 343 g/mol. The number of rotatable bonds is 4. The molecule has 1 aliphatic carbocycles. The molecule has 2 fully saturated rings. The molecule has 0 spiro atoms. The number of benzene rings is 1. The Balaban J connectivity index is 1.70. The van der Waals surface area contributed by atoms with Crippen LogP contribution in [0.25, 0.3) is 0 Å². The standard InChI is InChI=1S/C22H34N2O/c1-21(2)15-19(23-17-18-11-7-5-8-12-18)16-22(3,4)24(21)25-20-13-9-6-10-14-20/h5,7-8,11-12,20H,6,9-10,13-17H2,1-4H3. The normalized spacial score (nSPS) is 24.2. The van der Waals surface area contributed by atoms with Crippen LogP contribution in [0.2, 0.25) is 0 Å². The van der Waals surface area contributed by atoms with E-state index in [0.29, 0.717) is 6.10 Å². The van der Waals surface area contributed by atoms with E-state index >= 15 is 0 Å². The SMILES string of the molecule is CC1(C)CC(=NCc2ccccc2)CC(C)(C)N1OC1CCCCC1. The van der Waals surface area contributed by atoms with E-state index in [2.05, 4.69) is 63.1 Å². The van der Waals surface area contributed by atoms with Gasteiger partial charge in [-0.25, -0.2) is 0 Å². The largest absolute Gasteiger partial charge is 0.295 e. The van der Waals surface area contributed by atoms with Crippen molar-refractivity contribution in [2.24, 2.45) is 4.99 Å². The zero-order valence-electron chi connectivity index (χ0n) is 16.4. The van der Waals surface area contributed by atoms with Gasteiger partial charge in [-0.3, -0.25) is 9.83 Å². The summed E-state index contributed by atoms with van der Waals surface area (Å²) in [6.45, 7) is 9.99. The Kier molecular flexibility index (Phi) is 5.65. The summed E-state index contributed by atoms with van der Waals surface area (Å²) in [5.41, 5.74) is 2.57. The lowest BCUT2D eigenvalue weighted by atomic mass is 9.80. The van der Waals surface area contributed by atoms with E-state index in [1.807, 2.05) is 0 Å². The fourth-order valence-corrected chi connectivity index (χ4v) is 4.53. The summed E-state index contributed by atoms with van der Waals surface area (Å²) in [5.74, 6) is 0. The minimum atomic E-state index is -0.0191. The first-order valence-corrected chi connectivity index (χ1v) is 9.90. The molecule has 0 unspecified atom stereocenters. The lowest BCUT2D eigenvalue weighted by Gasteiger charge is -2.53. The number of hydrogen-bond acceptors (Lipinski definition) is 3. The Morgan fingerprint density at radius 3 is 2.16 bits per heavy atom. The van der Waals surface area contributed by atoms with Gasteiger partial charge in [0.1, 0.15) is 0 Å². The van der Waals surface area contributed by atoms with Crippen LogP contribution in [0.15, 0.2) is 35.3 Å². The lowest BCUT2D eigenvalue weighted by molar-refractivity contribution is -0.297. The van der Waals surface area contributed by atoms with Crippen molar-refractivity contribution in [3.05, 3.63) is 35.9 Å². The van der Waals surface area contributed by atoms with Gasteiger partial charge >= 0.3 is 0 Å². The molecule has 1 aliphatic heterocycles. The molecule has 2 aliphatic rings. The smallest absolute Gasteiger partial charge is 0.0793 e. The highest BCUT2D eigenvalue weighted by molar-refractivity contribution is 5.87. The third-order valence-electron chi connectivity index (χ3n) is 5.51. The number of hydrogen-bond donors (Lipinski definition) is 0. The molecule has 3 heteroatoms. The minimum Gasteiger partial charge on any atom is -0.295 e. The number of aliphatic imine (C=N–C) groups is 1. The lowest BCUT2D eigenvalue weighted by Crippen LogP contribution is -2.61. The van der Waals surface area contributed by atoms with E-state index in [1.165, 1.54) is 43.4 Å². The van der Waals surface area contributed by atoms with Crippen molar-refractivity contribution in [3.63, 3.8) is 0 Å². The van der Waals surface area contributed by atoms with Crippen LogP contribution in [0.1, 0.15) is 78.2 Å². The molecule has 1 aromatic carbocycles. The predicted molar refractivity (Wildman–Crippen MR) is 105 cm³/mol.